The summed E-state index contributed by atoms with van der Waals surface area (Å²) in [4.78, 5) is 14.4. The van der Waals surface area contributed by atoms with Crippen LogP contribution >= 0.6 is 0 Å². The maximum atomic E-state index is 13.0. The smallest absolute Gasteiger partial charge is 0.222 e. The van der Waals surface area contributed by atoms with Crippen LogP contribution in [0.15, 0.2) is 24.3 Å². The molecule has 2 aliphatic rings. The third-order valence-electron chi connectivity index (χ3n) is 6.04. The number of benzene rings is 1. The lowest BCUT2D eigenvalue weighted by molar-refractivity contribution is -0.133. The second-order valence-corrected chi connectivity index (χ2v) is 7.76. The van der Waals surface area contributed by atoms with Gasteiger partial charge in [-0.1, -0.05) is 44.2 Å². The summed E-state index contributed by atoms with van der Waals surface area (Å²) in [6.07, 6.45) is 9.36. The Morgan fingerprint density at radius 2 is 1.72 bits per heavy atom. The zero-order valence-corrected chi connectivity index (χ0v) is 15.0. The highest BCUT2D eigenvalue weighted by Gasteiger charge is 2.28. The number of rotatable bonds is 5. The molecule has 1 atom stereocenters. The van der Waals surface area contributed by atoms with Crippen LogP contribution in [-0.2, 0) is 4.79 Å². The van der Waals surface area contributed by atoms with Crippen molar-refractivity contribution in [2.24, 2.45) is 11.8 Å². The van der Waals surface area contributed by atoms with Crippen molar-refractivity contribution in [1.82, 2.24) is 4.90 Å². The fraction of sp³-hybridized carbons (Fsp3) is 0.667. The highest BCUT2D eigenvalue weighted by molar-refractivity contribution is 5.76. The van der Waals surface area contributed by atoms with E-state index in [1.165, 1.54) is 44.2 Å². The molecule has 4 heteroatoms. The summed E-state index contributed by atoms with van der Waals surface area (Å²) in [6, 6.07) is 6.09. The number of amides is 1. The van der Waals surface area contributed by atoms with E-state index >= 15 is 0 Å². The van der Waals surface area contributed by atoms with Gasteiger partial charge in [-0.3, -0.25) is 4.79 Å². The average molecular weight is 347 g/mol. The third kappa shape index (κ3) is 5.04. The Morgan fingerprint density at radius 3 is 2.36 bits per heavy atom. The van der Waals surface area contributed by atoms with Gasteiger partial charge in [-0.15, -0.1) is 0 Å². The number of hydrogen-bond acceptors (Lipinski definition) is 2. The van der Waals surface area contributed by atoms with Crippen molar-refractivity contribution in [2.75, 3.05) is 13.1 Å². The Kier molecular flexibility index (Phi) is 6.46. The molecular formula is C21H30FNO2. The van der Waals surface area contributed by atoms with Crippen molar-refractivity contribution >= 4 is 5.91 Å². The lowest BCUT2D eigenvalue weighted by Gasteiger charge is -2.34. The number of carbonyl (C=O) groups excluding carboxylic acids is 1. The Morgan fingerprint density at radius 1 is 1.08 bits per heavy atom. The molecule has 1 aliphatic carbocycles. The van der Waals surface area contributed by atoms with Crippen molar-refractivity contribution in [2.45, 2.75) is 63.9 Å². The molecule has 138 valence electrons. The molecule has 1 aromatic carbocycles. The van der Waals surface area contributed by atoms with Gasteiger partial charge in [-0.05, 0) is 48.8 Å². The predicted octanol–water partition coefficient (Wildman–Crippen LogP) is 4.46. The lowest BCUT2D eigenvalue weighted by Crippen LogP contribution is -2.39. The largest absolute Gasteiger partial charge is 0.388 e. The van der Waals surface area contributed by atoms with Gasteiger partial charge in [0.05, 0.1) is 6.10 Å². The number of carbonyl (C=O) groups is 1. The minimum atomic E-state index is -0.569. The minimum Gasteiger partial charge on any atom is -0.388 e. The number of nitrogens with zero attached hydrogens (tertiary/aromatic N) is 1. The molecule has 0 bridgehead atoms. The normalized spacial score (nSPS) is 21.3. The zero-order chi connectivity index (χ0) is 17.6. The first-order chi connectivity index (χ1) is 12.1. The van der Waals surface area contributed by atoms with Crippen LogP contribution in [-0.4, -0.2) is 29.0 Å². The fourth-order valence-electron chi connectivity index (χ4n) is 4.36. The monoisotopic (exact) mass is 347 g/mol. The van der Waals surface area contributed by atoms with Crippen LogP contribution in [0.2, 0.25) is 0 Å². The Balaban J connectivity index is 1.43. The van der Waals surface area contributed by atoms with E-state index in [0.717, 1.165) is 43.8 Å². The molecule has 25 heavy (non-hydrogen) atoms. The number of aliphatic hydroxyl groups is 1. The summed E-state index contributed by atoms with van der Waals surface area (Å²) < 4.78 is 13.0. The van der Waals surface area contributed by atoms with Gasteiger partial charge in [0.2, 0.25) is 5.91 Å². The number of aliphatic hydroxyl groups excluding tert-OH is 1. The molecule has 0 radical (unpaired) electrons. The molecule has 1 amide bonds. The average Bonchev–Trinajstić information content (AvgIpc) is 2.67. The SMILES string of the molecule is O=C(CCC1CCCCC1)N1CCC(C(O)c2ccc(F)cc2)CC1. The standard InChI is InChI=1S/C21H30FNO2/c22-19-9-7-17(8-10-19)21(25)18-12-14-23(15-13-18)20(24)11-6-16-4-2-1-3-5-16/h7-10,16,18,21,25H,1-6,11-15H2. The van der Waals surface area contributed by atoms with Gasteiger partial charge >= 0.3 is 0 Å². The molecule has 3 rings (SSSR count). The van der Waals surface area contributed by atoms with E-state index < -0.39 is 6.10 Å². The van der Waals surface area contributed by atoms with Crippen LogP contribution in [0, 0.1) is 17.7 Å². The molecule has 1 saturated heterocycles. The van der Waals surface area contributed by atoms with Crippen molar-refractivity contribution in [3.63, 3.8) is 0 Å². The van der Waals surface area contributed by atoms with Crippen molar-refractivity contribution in [3.8, 4) is 0 Å². The topological polar surface area (TPSA) is 40.5 Å². The van der Waals surface area contributed by atoms with E-state index in [9.17, 15) is 14.3 Å². The van der Waals surface area contributed by atoms with Crippen molar-refractivity contribution < 1.29 is 14.3 Å². The summed E-state index contributed by atoms with van der Waals surface area (Å²) in [7, 11) is 0. The molecule has 2 fully saturated rings. The summed E-state index contributed by atoms with van der Waals surface area (Å²) in [5, 5.41) is 10.5. The van der Waals surface area contributed by atoms with E-state index in [1.807, 2.05) is 4.90 Å². The number of halogens is 1. The summed E-state index contributed by atoms with van der Waals surface area (Å²) in [6.45, 7) is 1.46. The van der Waals surface area contributed by atoms with Crippen LogP contribution in [0.3, 0.4) is 0 Å². The first kappa shape index (κ1) is 18.4. The van der Waals surface area contributed by atoms with E-state index in [1.54, 1.807) is 12.1 Å². The highest BCUT2D eigenvalue weighted by Crippen LogP contribution is 2.32. The van der Waals surface area contributed by atoms with E-state index in [0.29, 0.717) is 6.42 Å². The number of piperidine rings is 1. The maximum Gasteiger partial charge on any atom is 0.222 e. The molecular weight excluding hydrogens is 317 g/mol. The summed E-state index contributed by atoms with van der Waals surface area (Å²) >= 11 is 0. The van der Waals surface area contributed by atoms with Gasteiger partial charge in [0.25, 0.3) is 0 Å². The van der Waals surface area contributed by atoms with E-state index in [-0.39, 0.29) is 17.6 Å². The molecule has 0 aromatic heterocycles. The molecule has 3 nitrogen and oxygen atoms in total. The molecule has 1 N–H and O–H groups in total. The summed E-state index contributed by atoms with van der Waals surface area (Å²) in [5.74, 6) is 0.887. The number of hydrogen-bond donors (Lipinski definition) is 1. The maximum absolute atomic E-state index is 13.0. The second-order valence-electron chi connectivity index (χ2n) is 7.76. The van der Waals surface area contributed by atoms with Gasteiger partial charge in [-0.25, -0.2) is 4.39 Å². The highest BCUT2D eigenvalue weighted by atomic mass is 19.1. The number of likely N-dealkylation sites (tertiary alicyclic amines) is 1. The van der Waals surface area contributed by atoms with Gasteiger partial charge in [0, 0.05) is 19.5 Å². The van der Waals surface area contributed by atoms with E-state index in [2.05, 4.69) is 0 Å². The molecule has 1 aromatic rings. The molecule has 1 aliphatic heterocycles. The van der Waals surface area contributed by atoms with Gasteiger partial charge in [-0.2, -0.15) is 0 Å². The first-order valence-electron chi connectivity index (χ1n) is 9.85. The van der Waals surface area contributed by atoms with Crippen LogP contribution in [0.25, 0.3) is 0 Å². The molecule has 0 spiro atoms. The van der Waals surface area contributed by atoms with Crippen molar-refractivity contribution in [1.29, 1.82) is 0 Å². The Labute approximate surface area is 150 Å². The van der Waals surface area contributed by atoms with Gasteiger partial charge in [0.1, 0.15) is 5.82 Å². The Bertz CT molecular complexity index is 546. The second kappa shape index (κ2) is 8.79. The molecule has 1 unspecified atom stereocenters. The quantitative estimate of drug-likeness (QED) is 0.854. The van der Waals surface area contributed by atoms with Crippen LogP contribution in [0.5, 0.6) is 0 Å². The fourth-order valence-corrected chi connectivity index (χ4v) is 4.36. The van der Waals surface area contributed by atoms with Crippen LogP contribution < -0.4 is 0 Å². The third-order valence-corrected chi connectivity index (χ3v) is 6.04. The summed E-state index contributed by atoms with van der Waals surface area (Å²) in [5.41, 5.74) is 0.767. The van der Waals surface area contributed by atoms with Gasteiger partial charge in [0.15, 0.2) is 0 Å². The molecule has 1 heterocycles. The van der Waals surface area contributed by atoms with Crippen molar-refractivity contribution in [3.05, 3.63) is 35.6 Å². The predicted molar refractivity (Wildman–Crippen MR) is 96.5 cm³/mol. The van der Waals surface area contributed by atoms with Crippen LogP contribution in [0.4, 0.5) is 4.39 Å². The molecule has 1 saturated carbocycles. The minimum absolute atomic E-state index is 0.146. The Hall–Kier alpha value is -1.42. The zero-order valence-electron chi connectivity index (χ0n) is 15.0. The van der Waals surface area contributed by atoms with Crippen LogP contribution in [0.1, 0.15) is 69.5 Å². The first-order valence-corrected chi connectivity index (χ1v) is 9.85. The lowest BCUT2D eigenvalue weighted by atomic mass is 9.85. The van der Waals surface area contributed by atoms with E-state index in [4.69, 9.17) is 0 Å². The van der Waals surface area contributed by atoms with Gasteiger partial charge < -0.3 is 10.0 Å².